The second-order valence-corrected chi connectivity index (χ2v) is 7.42. The molecule has 1 fully saturated rings. The minimum absolute atomic E-state index is 0.103. The number of rotatable bonds is 3. The molecule has 1 aromatic heterocycles. The van der Waals surface area contributed by atoms with Gasteiger partial charge in [-0.25, -0.2) is 13.4 Å². The lowest BCUT2D eigenvalue weighted by Crippen LogP contribution is -2.11. The Balaban J connectivity index is 1.93. The number of hydrogen-bond acceptors (Lipinski definition) is 5. The summed E-state index contributed by atoms with van der Waals surface area (Å²) < 4.78 is 23.9. The van der Waals surface area contributed by atoms with Gasteiger partial charge in [0.1, 0.15) is 10.7 Å². The van der Waals surface area contributed by atoms with E-state index in [9.17, 15) is 8.42 Å². The Labute approximate surface area is 111 Å². The van der Waals surface area contributed by atoms with Crippen molar-refractivity contribution in [2.75, 3.05) is 17.6 Å². The lowest BCUT2D eigenvalue weighted by atomic mass is 10.3. The molecule has 2 aliphatic rings. The molecule has 2 atom stereocenters. The third kappa shape index (κ3) is 2.07. The molecule has 0 bridgehead atoms. The SMILES string of the molecule is CC1CC1CNc1nc(Cl)nc2c1S(=O)(=O)CC2. The monoisotopic (exact) mass is 287 g/mol. The molecule has 7 heteroatoms. The van der Waals surface area contributed by atoms with E-state index in [1.54, 1.807) is 0 Å². The van der Waals surface area contributed by atoms with Crippen LogP contribution in [-0.4, -0.2) is 30.7 Å². The number of nitrogens with zero attached hydrogens (tertiary/aromatic N) is 2. The smallest absolute Gasteiger partial charge is 0.224 e. The number of aryl methyl sites for hydroxylation is 1. The van der Waals surface area contributed by atoms with Crippen molar-refractivity contribution in [1.29, 1.82) is 0 Å². The van der Waals surface area contributed by atoms with E-state index in [1.807, 2.05) is 0 Å². The molecule has 0 aromatic carbocycles. The average molecular weight is 288 g/mol. The molecule has 0 amide bonds. The zero-order valence-electron chi connectivity index (χ0n) is 9.98. The minimum atomic E-state index is -3.24. The predicted octanol–water partition coefficient (Wildman–Crippen LogP) is 1.53. The van der Waals surface area contributed by atoms with Crippen LogP contribution in [0, 0.1) is 11.8 Å². The van der Waals surface area contributed by atoms with Crippen molar-refractivity contribution in [2.24, 2.45) is 11.8 Å². The summed E-state index contributed by atoms with van der Waals surface area (Å²) >= 11 is 5.82. The van der Waals surface area contributed by atoms with Crippen LogP contribution in [-0.2, 0) is 16.3 Å². The Bertz CT molecular complexity index is 603. The van der Waals surface area contributed by atoms with Crippen molar-refractivity contribution in [3.05, 3.63) is 11.0 Å². The summed E-state index contributed by atoms with van der Waals surface area (Å²) in [5.41, 5.74) is 0.543. The molecule has 1 aliphatic carbocycles. The van der Waals surface area contributed by atoms with Crippen LogP contribution in [0.5, 0.6) is 0 Å². The van der Waals surface area contributed by atoms with Crippen LogP contribution < -0.4 is 5.32 Å². The lowest BCUT2D eigenvalue weighted by molar-refractivity contribution is 0.599. The molecule has 2 heterocycles. The highest BCUT2D eigenvalue weighted by Gasteiger charge is 2.35. The van der Waals surface area contributed by atoms with Crippen molar-refractivity contribution >= 4 is 27.3 Å². The number of aromatic nitrogens is 2. The summed E-state index contributed by atoms with van der Waals surface area (Å²) in [6.45, 7) is 2.93. The normalized spacial score (nSPS) is 27.9. The Morgan fingerprint density at radius 3 is 2.83 bits per heavy atom. The summed E-state index contributed by atoms with van der Waals surface area (Å²) in [5.74, 6) is 1.80. The van der Waals surface area contributed by atoms with Gasteiger partial charge in [0.25, 0.3) is 0 Å². The topological polar surface area (TPSA) is 72.0 Å². The molecule has 2 unspecified atom stereocenters. The number of nitrogens with one attached hydrogen (secondary N) is 1. The quantitative estimate of drug-likeness (QED) is 0.854. The van der Waals surface area contributed by atoms with E-state index in [0.29, 0.717) is 29.8 Å². The molecule has 0 spiro atoms. The van der Waals surface area contributed by atoms with Crippen LogP contribution in [0.3, 0.4) is 0 Å². The Hall–Kier alpha value is -0.880. The van der Waals surface area contributed by atoms with Crippen LogP contribution >= 0.6 is 11.6 Å². The van der Waals surface area contributed by atoms with Gasteiger partial charge in [0.2, 0.25) is 5.28 Å². The second-order valence-electron chi connectivity index (χ2n) is 5.04. The molecule has 98 valence electrons. The summed E-state index contributed by atoms with van der Waals surface area (Å²) in [5, 5.41) is 3.23. The zero-order chi connectivity index (χ0) is 12.9. The second kappa shape index (κ2) is 4.06. The van der Waals surface area contributed by atoms with Gasteiger partial charge in [-0.05, 0) is 29.9 Å². The van der Waals surface area contributed by atoms with E-state index in [0.717, 1.165) is 6.54 Å². The van der Waals surface area contributed by atoms with Crippen molar-refractivity contribution < 1.29 is 8.42 Å². The fourth-order valence-corrected chi connectivity index (χ4v) is 4.10. The molecule has 1 aromatic rings. The minimum Gasteiger partial charge on any atom is -0.369 e. The number of halogens is 1. The van der Waals surface area contributed by atoms with Gasteiger partial charge in [-0.15, -0.1) is 0 Å². The molecule has 3 rings (SSSR count). The van der Waals surface area contributed by atoms with Crippen molar-refractivity contribution in [3.8, 4) is 0 Å². The third-order valence-electron chi connectivity index (χ3n) is 3.63. The van der Waals surface area contributed by atoms with Gasteiger partial charge in [-0.1, -0.05) is 6.92 Å². The van der Waals surface area contributed by atoms with Crippen molar-refractivity contribution in [3.63, 3.8) is 0 Å². The molecule has 1 saturated carbocycles. The number of hydrogen-bond donors (Lipinski definition) is 1. The summed E-state index contributed by atoms with van der Waals surface area (Å²) in [7, 11) is -3.24. The van der Waals surface area contributed by atoms with Gasteiger partial charge < -0.3 is 5.32 Å². The van der Waals surface area contributed by atoms with Crippen molar-refractivity contribution in [2.45, 2.75) is 24.7 Å². The van der Waals surface area contributed by atoms with Gasteiger partial charge in [-0.2, -0.15) is 4.98 Å². The first-order valence-electron chi connectivity index (χ1n) is 6.00. The van der Waals surface area contributed by atoms with Crippen LogP contribution in [0.2, 0.25) is 5.28 Å². The van der Waals surface area contributed by atoms with Gasteiger partial charge in [0.05, 0.1) is 11.4 Å². The van der Waals surface area contributed by atoms with E-state index in [-0.39, 0.29) is 15.9 Å². The van der Waals surface area contributed by atoms with Gasteiger partial charge in [0, 0.05) is 13.0 Å². The molecule has 0 saturated heterocycles. The maximum atomic E-state index is 11.9. The number of anilines is 1. The molecule has 18 heavy (non-hydrogen) atoms. The summed E-state index contributed by atoms with van der Waals surface area (Å²) in [4.78, 5) is 8.28. The Morgan fingerprint density at radius 1 is 1.44 bits per heavy atom. The third-order valence-corrected chi connectivity index (χ3v) is 5.60. The average Bonchev–Trinajstić information content (AvgIpc) is 2.90. The standard InChI is InChI=1S/C11H14ClN3O2S/c1-6-4-7(6)5-13-10-9-8(14-11(12)15-10)2-3-18(9,16)17/h6-7H,2-5H2,1H3,(H,13,14,15). The zero-order valence-corrected chi connectivity index (χ0v) is 11.6. The molecule has 5 nitrogen and oxygen atoms in total. The summed E-state index contributed by atoms with van der Waals surface area (Å²) in [6.07, 6.45) is 1.61. The van der Waals surface area contributed by atoms with E-state index < -0.39 is 9.84 Å². The van der Waals surface area contributed by atoms with E-state index in [4.69, 9.17) is 11.6 Å². The van der Waals surface area contributed by atoms with Crippen molar-refractivity contribution in [1.82, 2.24) is 9.97 Å². The highest BCUT2D eigenvalue weighted by Crippen LogP contribution is 2.38. The fourth-order valence-electron chi connectivity index (χ4n) is 2.33. The van der Waals surface area contributed by atoms with Crippen LogP contribution in [0.4, 0.5) is 5.82 Å². The van der Waals surface area contributed by atoms with Gasteiger partial charge in [-0.3, -0.25) is 0 Å². The molecule has 1 aliphatic heterocycles. The molecule has 1 N–H and O–H groups in total. The van der Waals surface area contributed by atoms with Gasteiger partial charge in [0.15, 0.2) is 9.84 Å². The highest BCUT2D eigenvalue weighted by molar-refractivity contribution is 7.91. The molecular weight excluding hydrogens is 274 g/mol. The molecular formula is C11H14ClN3O2S. The number of sulfone groups is 1. The van der Waals surface area contributed by atoms with Gasteiger partial charge >= 0.3 is 0 Å². The van der Waals surface area contributed by atoms with E-state index in [1.165, 1.54) is 6.42 Å². The first-order valence-corrected chi connectivity index (χ1v) is 8.03. The van der Waals surface area contributed by atoms with Crippen LogP contribution in [0.1, 0.15) is 19.0 Å². The highest BCUT2D eigenvalue weighted by atomic mass is 35.5. The first kappa shape index (κ1) is 12.2. The Morgan fingerprint density at radius 2 is 2.17 bits per heavy atom. The predicted molar refractivity (Wildman–Crippen MR) is 68.6 cm³/mol. The van der Waals surface area contributed by atoms with E-state index >= 15 is 0 Å². The maximum Gasteiger partial charge on any atom is 0.224 e. The molecule has 0 radical (unpaired) electrons. The van der Waals surface area contributed by atoms with Crippen LogP contribution in [0.25, 0.3) is 0 Å². The summed E-state index contributed by atoms with van der Waals surface area (Å²) in [6, 6.07) is 0. The maximum absolute atomic E-state index is 11.9. The number of fused-ring (bicyclic) bond motifs is 1. The largest absolute Gasteiger partial charge is 0.369 e. The first-order chi connectivity index (χ1) is 8.47. The van der Waals surface area contributed by atoms with E-state index in [2.05, 4.69) is 22.2 Å². The Kier molecular flexibility index (Phi) is 2.75. The van der Waals surface area contributed by atoms with Crippen LogP contribution in [0.15, 0.2) is 4.90 Å². The fraction of sp³-hybridized carbons (Fsp3) is 0.636. The lowest BCUT2D eigenvalue weighted by Gasteiger charge is -2.09.